The van der Waals surface area contributed by atoms with E-state index in [-0.39, 0.29) is 0 Å². The van der Waals surface area contributed by atoms with Gasteiger partial charge in [0.1, 0.15) is 5.75 Å². The molecule has 2 aromatic rings. The Labute approximate surface area is 132 Å². The minimum absolute atomic E-state index is 0.457. The molecule has 2 nitrogen and oxygen atoms in total. The molecule has 0 aliphatic carbocycles. The predicted molar refractivity (Wildman–Crippen MR) is 90.2 cm³/mol. The lowest BCUT2D eigenvalue weighted by atomic mass is 9.97. The third-order valence-electron chi connectivity index (χ3n) is 3.43. The Kier molecular flexibility index (Phi) is 5.27. The molecule has 0 fully saturated rings. The normalized spacial score (nSPS) is 11.0. The predicted octanol–water partition coefficient (Wildman–Crippen LogP) is 4.82. The zero-order valence-electron chi connectivity index (χ0n) is 13.0. The van der Waals surface area contributed by atoms with Crippen molar-refractivity contribution in [3.8, 4) is 16.9 Å². The molecule has 0 radical (unpaired) electrons. The molecule has 0 unspecified atom stereocenters. The second-order valence-electron chi connectivity index (χ2n) is 5.55. The van der Waals surface area contributed by atoms with Gasteiger partial charge >= 0.3 is 0 Å². The number of methoxy groups -OCH3 is 1. The molecule has 0 aliphatic rings. The van der Waals surface area contributed by atoms with Crippen LogP contribution in [0.3, 0.4) is 0 Å². The Bertz CT molecular complexity index is 623. The molecule has 0 aliphatic heterocycles. The summed E-state index contributed by atoms with van der Waals surface area (Å²) in [7, 11) is 1.64. The first-order valence-electron chi connectivity index (χ1n) is 7.18. The molecule has 0 saturated heterocycles. The Morgan fingerprint density at radius 1 is 1.14 bits per heavy atom. The average Bonchev–Trinajstić information content (AvgIpc) is 2.46. The van der Waals surface area contributed by atoms with Gasteiger partial charge in [-0.25, -0.2) is 0 Å². The van der Waals surface area contributed by atoms with Gasteiger partial charge in [0.05, 0.1) is 12.1 Å². The van der Waals surface area contributed by atoms with Crippen molar-refractivity contribution in [3.63, 3.8) is 0 Å². The van der Waals surface area contributed by atoms with Crippen LogP contribution < -0.4 is 10.1 Å². The molecule has 112 valence electrons. The van der Waals surface area contributed by atoms with Crippen LogP contribution in [0.2, 0.25) is 5.02 Å². The highest BCUT2D eigenvalue weighted by atomic mass is 35.5. The average molecular weight is 304 g/mol. The van der Waals surface area contributed by atoms with E-state index in [4.69, 9.17) is 16.3 Å². The molecular formula is C18H22ClNO. The summed E-state index contributed by atoms with van der Waals surface area (Å²) in [6.07, 6.45) is 0. The highest BCUT2D eigenvalue weighted by Gasteiger charge is 2.09. The van der Waals surface area contributed by atoms with Crippen molar-refractivity contribution in [2.24, 2.45) is 0 Å². The van der Waals surface area contributed by atoms with Gasteiger partial charge in [-0.05, 0) is 35.7 Å². The molecule has 0 heterocycles. The molecule has 0 amide bonds. The van der Waals surface area contributed by atoms with Crippen molar-refractivity contribution >= 4 is 11.6 Å². The van der Waals surface area contributed by atoms with Crippen LogP contribution in [0.1, 0.15) is 25.0 Å². The monoisotopic (exact) mass is 303 g/mol. The van der Waals surface area contributed by atoms with Crippen LogP contribution in [-0.4, -0.2) is 13.2 Å². The minimum Gasteiger partial charge on any atom is -0.495 e. The lowest BCUT2D eigenvalue weighted by molar-refractivity contribution is 0.415. The minimum atomic E-state index is 0.457. The largest absolute Gasteiger partial charge is 0.495 e. The van der Waals surface area contributed by atoms with E-state index in [9.17, 15) is 0 Å². The number of rotatable bonds is 5. The van der Waals surface area contributed by atoms with E-state index >= 15 is 0 Å². The van der Waals surface area contributed by atoms with Gasteiger partial charge in [-0.15, -0.1) is 0 Å². The molecule has 1 N–H and O–H groups in total. The molecule has 21 heavy (non-hydrogen) atoms. The van der Waals surface area contributed by atoms with Crippen LogP contribution in [0, 0.1) is 6.92 Å². The van der Waals surface area contributed by atoms with Gasteiger partial charge in [-0.3, -0.25) is 0 Å². The van der Waals surface area contributed by atoms with Crippen LogP contribution in [0.25, 0.3) is 11.1 Å². The van der Waals surface area contributed by atoms with Crippen molar-refractivity contribution in [1.29, 1.82) is 0 Å². The van der Waals surface area contributed by atoms with Crippen LogP contribution in [0.5, 0.6) is 5.75 Å². The topological polar surface area (TPSA) is 21.3 Å². The highest BCUT2D eigenvalue weighted by molar-refractivity contribution is 6.32. The zero-order chi connectivity index (χ0) is 15.4. The van der Waals surface area contributed by atoms with Crippen molar-refractivity contribution in [3.05, 3.63) is 52.5 Å². The lowest BCUT2D eigenvalue weighted by Crippen LogP contribution is -2.22. The standard InChI is InChI=1S/C18H22ClNO/c1-12(2)20-11-15-6-5-13(3)9-16(15)14-7-8-17(19)18(10-14)21-4/h5-10,12,20H,11H2,1-4H3. The molecular weight excluding hydrogens is 282 g/mol. The van der Waals surface area contributed by atoms with E-state index in [1.807, 2.05) is 18.2 Å². The lowest BCUT2D eigenvalue weighted by Gasteiger charge is -2.15. The second-order valence-corrected chi connectivity index (χ2v) is 5.95. The molecule has 0 spiro atoms. The first-order chi connectivity index (χ1) is 10.0. The summed E-state index contributed by atoms with van der Waals surface area (Å²) in [4.78, 5) is 0. The number of hydrogen-bond donors (Lipinski definition) is 1. The van der Waals surface area contributed by atoms with Crippen LogP contribution in [0.15, 0.2) is 36.4 Å². The van der Waals surface area contributed by atoms with Crippen molar-refractivity contribution in [2.45, 2.75) is 33.4 Å². The SMILES string of the molecule is COc1cc(-c2cc(C)ccc2CNC(C)C)ccc1Cl. The fourth-order valence-corrected chi connectivity index (χ4v) is 2.45. The maximum absolute atomic E-state index is 6.12. The number of halogens is 1. The van der Waals surface area contributed by atoms with Gasteiger partial charge < -0.3 is 10.1 Å². The third-order valence-corrected chi connectivity index (χ3v) is 3.74. The van der Waals surface area contributed by atoms with Gasteiger partial charge in [0, 0.05) is 12.6 Å². The Morgan fingerprint density at radius 3 is 2.57 bits per heavy atom. The van der Waals surface area contributed by atoms with E-state index in [1.54, 1.807) is 7.11 Å². The fourth-order valence-electron chi connectivity index (χ4n) is 2.25. The van der Waals surface area contributed by atoms with Gasteiger partial charge in [-0.1, -0.05) is 55.3 Å². The molecule has 0 aromatic heterocycles. The maximum atomic E-state index is 6.12. The number of ether oxygens (including phenoxy) is 1. The summed E-state index contributed by atoms with van der Waals surface area (Å²) in [5, 5.41) is 4.11. The third kappa shape index (κ3) is 3.99. The van der Waals surface area contributed by atoms with Crippen LogP contribution >= 0.6 is 11.6 Å². The summed E-state index contributed by atoms with van der Waals surface area (Å²) in [6.45, 7) is 7.26. The molecule has 2 aromatic carbocycles. The maximum Gasteiger partial charge on any atom is 0.138 e. The smallest absolute Gasteiger partial charge is 0.138 e. The van der Waals surface area contributed by atoms with Crippen LogP contribution in [0.4, 0.5) is 0 Å². The van der Waals surface area contributed by atoms with Crippen molar-refractivity contribution < 1.29 is 4.74 Å². The second kappa shape index (κ2) is 6.97. The van der Waals surface area contributed by atoms with Crippen LogP contribution in [-0.2, 0) is 6.54 Å². The van der Waals surface area contributed by atoms with E-state index in [0.717, 1.165) is 12.1 Å². The first kappa shape index (κ1) is 15.9. The molecule has 3 heteroatoms. The highest BCUT2D eigenvalue weighted by Crippen LogP contribution is 2.32. The molecule has 0 saturated carbocycles. The summed E-state index contributed by atoms with van der Waals surface area (Å²) in [5.41, 5.74) is 4.87. The van der Waals surface area contributed by atoms with Crippen molar-refractivity contribution in [1.82, 2.24) is 5.32 Å². The summed E-state index contributed by atoms with van der Waals surface area (Å²) < 4.78 is 5.33. The zero-order valence-corrected chi connectivity index (χ0v) is 13.8. The quantitative estimate of drug-likeness (QED) is 0.855. The number of aryl methyl sites for hydroxylation is 1. The van der Waals surface area contributed by atoms with Crippen molar-refractivity contribution in [2.75, 3.05) is 7.11 Å². The Balaban J connectivity index is 2.43. The molecule has 0 atom stereocenters. The van der Waals surface area contributed by atoms with E-state index in [1.165, 1.54) is 16.7 Å². The van der Waals surface area contributed by atoms with Gasteiger partial charge in [-0.2, -0.15) is 0 Å². The van der Waals surface area contributed by atoms with Gasteiger partial charge in [0.15, 0.2) is 0 Å². The Morgan fingerprint density at radius 2 is 1.90 bits per heavy atom. The molecule has 2 rings (SSSR count). The first-order valence-corrected chi connectivity index (χ1v) is 7.56. The van der Waals surface area contributed by atoms with E-state index in [2.05, 4.69) is 44.3 Å². The summed E-state index contributed by atoms with van der Waals surface area (Å²) >= 11 is 6.12. The Hall–Kier alpha value is -1.51. The van der Waals surface area contributed by atoms with Gasteiger partial charge in [0.25, 0.3) is 0 Å². The van der Waals surface area contributed by atoms with E-state index in [0.29, 0.717) is 16.8 Å². The van der Waals surface area contributed by atoms with E-state index < -0.39 is 0 Å². The number of hydrogen-bond acceptors (Lipinski definition) is 2. The van der Waals surface area contributed by atoms with Gasteiger partial charge in [0.2, 0.25) is 0 Å². The molecule has 0 bridgehead atoms. The fraction of sp³-hybridized carbons (Fsp3) is 0.333. The number of benzene rings is 2. The summed E-state index contributed by atoms with van der Waals surface area (Å²) in [5.74, 6) is 0.707. The number of nitrogens with one attached hydrogen (secondary N) is 1. The summed E-state index contributed by atoms with van der Waals surface area (Å²) in [6, 6.07) is 12.9.